The van der Waals surface area contributed by atoms with Crippen LogP contribution in [0.15, 0.2) is 65.7 Å². The number of benzene rings is 3. The van der Waals surface area contributed by atoms with E-state index >= 15 is 0 Å². The molecule has 0 aliphatic rings. The molecular formula is C26H26N2O6. The van der Waals surface area contributed by atoms with Crippen LogP contribution in [0.5, 0.6) is 28.7 Å². The van der Waals surface area contributed by atoms with Crippen LogP contribution in [0.25, 0.3) is 10.9 Å². The molecule has 3 aromatic carbocycles. The van der Waals surface area contributed by atoms with Crippen LogP contribution >= 0.6 is 0 Å². The highest BCUT2D eigenvalue weighted by molar-refractivity contribution is 5.79. The second-order valence-electron chi connectivity index (χ2n) is 7.46. The maximum atomic E-state index is 13.3. The fraction of sp³-hybridized carbons (Fsp3) is 0.231. The first-order valence-electron chi connectivity index (χ1n) is 10.6. The Morgan fingerprint density at radius 1 is 0.794 bits per heavy atom. The summed E-state index contributed by atoms with van der Waals surface area (Å²) in [4.78, 5) is 17.7. The van der Waals surface area contributed by atoms with E-state index in [0.29, 0.717) is 39.7 Å². The lowest BCUT2D eigenvalue weighted by Crippen LogP contribution is -2.21. The first kappa shape index (κ1) is 23.0. The molecular weight excluding hydrogens is 436 g/mol. The average molecular weight is 463 g/mol. The van der Waals surface area contributed by atoms with E-state index in [1.165, 1.54) is 10.9 Å². The molecule has 4 aromatic rings. The van der Waals surface area contributed by atoms with E-state index in [9.17, 15) is 4.79 Å². The smallest absolute Gasteiger partial charge is 0.261 e. The molecule has 8 nitrogen and oxygen atoms in total. The molecule has 0 saturated heterocycles. The van der Waals surface area contributed by atoms with Crippen LogP contribution in [0.2, 0.25) is 0 Å². The zero-order chi connectivity index (χ0) is 24.1. The monoisotopic (exact) mass is 462 g/mol. The van der Waals surface area contributed by atoms with E-state index in [1.54, 1.807) is 46.6 Å². The van der Waals surface area contributed by atoms with Crippen molar-refractivity contribution in [2.45, 2.75) is 13.2 Å². The zero-order valence-corrected chi connectivity index (χ0v) is 19.5. The van der Waals surface area contributed by atoms with Gasteiger partial charge in [-0.3, -0.25) is 9.36 Å². The number of ether oxygens (including phenoxy) is 5. The number of methoxy groups -OCH3 is 4. The third-order valence-electron chi connectivity index (χ3n) is 5.54. The predicted octanol–water partition coefficient (Wildman–Crippen LogP) is 4.06. The number of nitrogens with zero attached hydrogens (tertiary/aromatic N) is 2. The highest BCUT2D eigenvalue weighted by Crippen LogP contribution is 2.29. The number of fused-ring (bicyclic) bond motifs is 1. The van der Waals surface area contributed by atoms with Crippen molar-refractivity contribution in [3.05, 3.63) is 82.4 Å². The summed E-state index contributed by atoms with van der Waals surface area (Å²) >= 11 is 0. The van der Waals surface area contributed by atoms with Gasteiger partial charge in [-0.2, -0.15) is 0 Å². The topological polar surface area (TPSA) is 81.0 Å². The lowest BCUT2D eigenvalue weighted by Gasteiger charge is -2.15. The molecule has 0 aliphatic heterocycles. The second kappa shape index (κ2) is 10.2. The Bertz CT molecular complexity index is 1340. The molecule has 4 rings (SSSR count). The molecule has 0 unspecified atom stereocenters. The van der Waals surface area contributed by atoms with Crippen molar-refractivity contribution in [2.75, 3.05) is 28.4 Å². The fourth-order valence-corrected chi connectivity index (χ4v) is 3.75. The largest absolute Gasteiger partial charge is 0.497 e. The van der Waals surface area contributed by atoms with Gasteiger partial charge in [0.15, 0.2) is 0 Å². The molecule has 0 aliphatic carbocycles. The van der Waals surface area contributed by atoms with Gasteiger partial charge < -0.3 is 23.7 Å². The molecule has 0 radical (unpaired) electrons. The van der Waals surface area contributed by atoms with Gasteiger partial charge in [0.25, 0.3) is 5.56 Å². The van der Waals surface area contributed by atoms with Crippen molar-refractivity contribution in [1.29, 1.82) is 0 Å². The van der Waals surface area contributed by atoms with Crippen molar-refractivity contribution in [2.24, 2.45) is 0 Å². The van der Waals surface area contributed by atoms with Crippen molar-refractivity contribution in [1.82, 2.24) is 9.55 Å². The van der Waals surface area contributed by atoms with E-state index in [4.69, 9.17) is 23.7 Å². The lowest BCUT2D eigenvalue weighted by molar-refractivity contribution is 0.295. The van der Waals surface area contributed by atoms with Crippen molar-refractivity contribution in [3.63, 3.8) is 0 Å². The Labute approximate surface area is 197 Å². The zero-order valence-electron chi connectivity index (χ0n) is 19.5. The molecule has 34 heavy (non-hydrogen) atoms. The summed E-state index contributed by atoms with van der Waals surface area (Å²) in [6.45, 7) is 0.500. The van der Waals surface area contributed by atoms with E-state index < -0.39 is 0 Å². The minimum Gasteiger partial charge on any atom is -0.497 e. The molecule has 0 amide bonds. The highest BCUT2D eigenvalue weighted by Gasteiger charge is 2.14. The normalized spacial score (nSPS) is 10.7. The van der Waals surface area contributed by atoms with Gasteiger partial charge in [0, 0.05) is 5.56 Å². The third-order valence-corrected chi connectivity index (χ3v) is 5.54. The number of aromatic nitrogens is 2. The Morgan fingerprint density at radius 3 is 2.18 bits per heavy atom. The minimum absolute atomic E-state index is 0.192. The average Bonchev–Trinajstić information content (AvgIpc) is 2.88. The summed E-state index contributed by atoms with van der Waals surface area (Å²) in [7, 11) is 6.38. The van der Waals surface area contributed by atoms with E-state index in [-0.39, 0.29) is 18.7 Å². The van der Waals surface area contributed by atoms with Gasteiger partial charge in [0.2, 0.25) is 0 Å². The summed E-state index contributed by atoms with van der Waals surface area (Å²) in [5.74, 6) is 3.21. The Balaban J connectivity index is 1.64. The molecule has 1 aromatic heterocycles. The third kappa shape index (κ3) is 4.61. The Hall–Kier alpha value is -4.20. The predicted molar refractivity (Wildman–Crippen MR) is 129 cm³/mol. The van der Waals surface area contributed by atoms with Crippen LogP contribution in [0.1, 0.15) is 11.1 Å². The minimum atomic E-state index is -0.192. The van der Waals surface area contributed by atoms with Crippen molar-refractivity contribution >= 4 is 10.9 Å². The van der Waals surface area contributed by atoms with Crippen LogP contribution in [0.3, 0.4) is 0 Å². The van der Waals surface area contributed by atoms with E-state index in [2.05, 4.69) is 4.98 Å². The maximum Gasteiger partial charge on any atom is 0.261 e. The quantitative estimate of drug-likeness (QED) is 0.371. The van der Waals surface area contributed by atoms with Crippen LogP contribution in [-0.2, 0) is 13.2 Å². The number of rotatable bonds is 9. The number of hydrogen-bond donors (Lipinski definition) is 0. The summed E-state index contributed by atoms with van der Waals surface area (Å²) in [5, 5.41) is 0.450. The molecule has 0 spiro atoms. The van der Waals surface area contributed by atoms with Crippen LogP contribution < -0.4 is 29.2 Å². The van der Waals surface area contributed by atoms with Gasteiger partial charge >= 0.3 is 0 Å². The van der Waals surface area contributed by atoms with Crippen molar-refractivity contribution < 1.29 is 23.7 Å². The summed E-state index contributed by atoms with van der Waals surface area (Å²) in [6.07, 6.45) is 1.53. The molecule has 176 valence electrons. The number of hydrogen-bond acceptors (Lipinski definition) is 7. The molecule has 0 fully saturated rings. The molecule has 8 heteroatoms. The molecule has 1 heterocycles. The fourth-order valence-electron chi connectivity index (χ4n) is 3.75. The molecule has 0 saturated carbocycles. The SMILES string of the molecule is COc1ccc(OC)c(COc2ccc3ncn(Cc4c(OC)cccc4OC)c(=O)c3c2)c1. The summed E-state index contributed by atoms with van der Waals surface area (Å²) < 4.78 is 29.1. The first-order valence-corrected chi connectivity index (χ1v) is 10.6. The standard InChI is InChI=1S/C26H26N2O6/c1-30-18-9-11-23(31-2)17(12-18)15-34-19-8-10-22-20(13-19)26(29)28(16-27-22)14-21-24(32-3)6-5-7-25(21)33-4/h5-13,16H,14-15H2,1-4H3. The highest BCUT2D eigenvalue weighted by atomic mass is 16.5. The van der Waals surface area contributed by atoms with Gasteiger partial charge in [-0.25, -0.2) is 4.98 Å². The van der Waals surface area contributed by atoms with E-state index in [0.717, 1.165) is 11.1 Å². The van der Waals surface area contributed by atoms with Gasteiger partial charge in [0.05, 0.1) is 57.8 Å². The van der Waals surface area contributed by atoms with Crippen LogP contribution in [-0.4, -0.2) is 38.0 Å². The van der Waals surface area contributed by atoms with Crippen molar-refractivity contribution in [3.8, 4) is 28.7 Å². The summed E-state index contributed by atoms with van der Waals surface area (Å²) in [6, 6.07) is 16.3. The van der Waals surface area contributed by atoms with Gasteiger partial charge in [-0.1, -0.05) is 6.07 Å². The Kier molecular flexibility index (Phi) is 6.87. The summed E-state index contributed by atoms with van der Waals surface area (Å²) in [5.41, 5.74) is 1.98. The van der Waals surface area contributed by atoms with Gasteiger partial charge in [-0.15, -0.1) is 0 Å². The van der Waals surface area contributed by atoms with E-state index in [1.807, 2.05) is 36.4 Å². The molecule has 0 atom stereocenters. The van der Waals surface area contributed by atoms with Gasteiger partial charge in [0.1, 0.15) is 35.4 Å². The second-order valence-corrected chi connectivity index (χ2v) is 7.46. The maximum absolute atomic E-state index is 13.3. The van der Waals surface area contributed by atoms with Crippen LogP contribution in [0.4, 0.5) is 0 Å². The molecule has 0 N–H and O–H groups in total. The Morgan fingerprint density at radius 2 is 1.50 bits per heavy atom. The lowest BCUT2D eigenvalue weighted by atomic mass is 10.1. The van der Waals surface area contributed by atoms with Gasteiger partial charge in [-0.05, 0) is 48.5 Å². The van der Waals surface area contributed by atoms with Crippen LogP contribution in [0, 0.1) is 0 Å². The molecule has 0 bridgehead atoms. The first-order chi connectivity index (χ1) is 16.6.